The van der Waals surface area contributed by atoms with Gasteiger partial charge in [-0.3, -0.25) is 14.4 Å². The summed E-state index contributed by atoms with van der Waals surface area (Å²) in [6, 6.07) is 14.9. The summed E-state index contributed by atoms with van der Waals surface area (Å²) in [5.74, 6) is -1.98. The lowest BCUT2D eigenvalue weighted by atomic mass is 9.93. The van der Waals surface area contributed by atoms with E-state index in [-0.39, 0.29) is 11.5 Å². The maximum Gasteiger partial charge on any atom is 0.303 e. The van der Waals surface area contributed by atoms with Crippen LogP contribution in [0.2, 0.25) is 0 Å². The standard InChI is InChI=1S/C26H31NO9S/c1-16-24(26(36-19(4)30)25(35-18(3)29)23(34-16)15-33-17(2)28)27(5)37(31,32)22-13-11-21(12-14-22)20-9-7-6-8-10-20/h6-14,16,23-26H,15H2,1-5H3. The SMILES string of the molecule is CC(=O)OCC1OC(C)C(N(C)S(=O)(=O)c2ccc(-c3ccccc3)cc2)C(OC(C)=O)C1OC(C)=O. The lowest BCUT2D eigenvalue weighted by Crippen LogP contribution is -2.65. The van der Waals surface area contributed by atoms with Gasteiger partial charge in [0, 0.05) is 27.8 Å². The molecule has 2 aromatic carbocycles. The number of ether oxygens (including phenoxy) is 4. The van der Waals surface area contributed by atoms with Gasteiger partial charge >= 0.3 is 17.9 Å². The van der Waals surface area contributed by atoms with Crippen molar-refractivity contribution in [2.75, 3.05) is 13.7 Å². The van der Waals surface area contributed by atoms with Crippen LogP contribution in [-0.4, -0.2) is 74.7 Å². The maximum atomic E-state index is 13.6. The van der Waals surface area contributed by atoms with Crippen molar-refractivity contribution >= 4 is 27.9 Å². The van der Waals surface area contributed by atoms with E-state index in [1.807, 2.05) is 30.3 Å². The lowest BCUT2D eigenvalue weighted by Gasteiger charge is -2.46. The molecule has 1 saturated heterocycles. The summed E-state index contributed by atoms with van der Waals surface area (Å²) in [6.07, 6.45) is -4.25. The van der Waals surface area contributed by atoms with Gasteiger partial charge in [0.05, 0.1) is 17.0 Å². The van der Waals surface area contributed by atoms with Crippen LogP contribution in [-0.2, 0) is 43.4 Å². The summed E-state index contributed by atoms with van der Waals surface area (Å²) in [7, 11) is -2.75. The van der Waals surface area contributed by atoms with Gasteiger partial charge in [-0.2, -0.15) is 4.31 Å². The molecule has 0 radical (unpaired) electrons. The largest absolute Gasteiger partial charge is 0.463 e. The van der Waals surface area contributed by atoms with Gasteiger partial charge in [0.15, 0.2) is 12.2 Å². The number of carbonyl (C=O) groups is 3. The van der Waals surface area contributed by atoms with Crippen molar-refractivity contribution in [3.63, 3.8) is 0 Å². The molecule has 3 rings (SSSR count). The number of hydrogen-bond donors (Lipinski definition) is 0. The predicted molar refractivity (Wildman–Crippen MR) is 133 cm³/mol. The number of benzene rings is 2. The highest BCUT2D eigenvalue weighted by molar-refractivity contribution is 7.89. The van der Waals surface area contributed by atoms with Crippen LogP contribution in [0.4, 0.5) is 0 Å². The van der Waals surface area contributed by atoms with Gasteiger partial charge in [-0.1, -0.05) is 42.5 Å². The fourth-order valence-electron chi connectivity index (χ4n) is 4.38. The van der Waals surface area contributed by atoms with Gasteiger partial charge in [-0.25, -0.2) is 8.42 Å². The summed E-state index contributed by atoms with van der Waals surface area (Å²) in [4.78, 5) is 35.3. The molecule has 0 aliphatic carbocycles. The molecule has 0 saturated carbocycles. The van der Waals surface area contributed by atoms with Gasteiger partial charge in [0.1, 0.15) is 12.7 Å². The zero-order valence-electron chi connectivity index (χ0n) is 21.3. The highest BCUT2D eigenvalue weighted by Crippen LogP contribution is 2.33. The molecule has 11 heteroatoms. The fourth-order valence-corrected chi connectivity index (χ4v) is 5.81. The summed E-state index contributed by atoms with van der Waals surface area (Å²) in [6.45, 7) is 4.87. The van der Waals surface area contributed by atoms with Crippen LogP contribution in [0.25, 0.3) is 11.1 Å². The summed E-state index contributed by atoms with van der Waals surface area (Å²) in [5, 5.41) is 0. The van der Waals surface area contributed by atoms with Crippen LogP contribution in [0.1, 0.15) is 27.7 Å². The lowest BCUT2D eigenvalue weighted by molar-refractivity contribution is -0.226. The first kappa shape index (κ1) is 28.3. The van der Waals surface area contributed by atoms with Crippen LogP contribution >= 0.6 is 0 Å². The molecule has 1 fully saturated rings. The van der Waals surface area contributed by atoms with Crippen molar-refractivity contribution in [1.29, 1.82) is 0 Å². The number of nitrogens with zero attached hydrogens (tertiary/aromatic N) is 1. The number of carbonyl (C=O) groups excluding carboxylic acids is 3. The third kappa shape index (κ3) is 6.73. The van der Waals surface area contributed by atoms with E-state index in [1.54, 1.807) is 19.1 Å². The van der Waals surface area contributed by atoms with Gasteiger partial charge in [0.25, 0.3) is 0 Å². The van der Waals surface area contributed by atoms with Crippen LogP contribution in [0, 0.1) is 0 Å². The van der Waals surface area contributed by atoms with E-state index in [9.17, 15) is 22.8 Å². The Morgan fingerprint density at radius 1 is 0.838 bits per heavy atom. The molecule has 0 spiro atoms. The van der Waals surface area contributed by atoms with Gasteiger partial charge < -0.3 is 18.9 Å². The minimum absolute atomic E-state index is 0.0227. The first-order valence-corrected chi connectivity index (χ1v) is 13.1. The van der Waals surface area contributed by atoms with Crippen LogP contribution < -0.4 is 0 Å². The number of likely N-dealkylation sites (N-methyl/N-ethyl adjacent to an activating group) is 1. The first-order chi connectivity index (χ1) is 17.4. The molecule has 0 amide bonds. The maximum absolute atomic E-state index is 13.6. The number of sulfonamides is 1. The van der Waals surface area contributed by atoms with Crippen molar-refractivity contribution in [3.8, 4) is 11.1 Å². The van der Waals surface area contributed by atoms with Crippen molar-refractivity contribution in [2.24, 2.45) is 0 Å². The second-order valence-electron chi connectivity index (χ2n) is 8.73. The smallest absolute Gasteiger partial charge is 0.303 e. The monoisotopic (exact) mass is 533 g/mol. The van der Waals surface area contributed by atoms with Crippen molar-refractivity contribution in [2.45, 2.75) is 63.0 Å². The minimum Gasteiger partial charge on any atom is -0.463 e. The molecule has 0 N–H and O–H groups in total. The third-order valence-corrected chi connectivity index (χ3v) is 7.88. The highest BCUT2D eigenvalue weighted by atomic mass is 32.2. The predicted octanol–water partition coefficient (Wildman–Crippen LogP) is 2.56. The Kier molecular flexibility index (Phi) is 9.06. The molecule has 5 unspecified atom stereocenters. The topological polar surface area (TPSA) is 126 Å². The molecule has 1 heterocycles. The molecule has 0 bridgehead atoms. The van der Waals surface area contributed by atoms with E-state index in [2.05, 4.69) is 0 Å². The molecule has 1 aliphatic heterocycles. The van der Waals surface area contributed by atoms with Crippen molar-refractivity contribution in [1.82, 2.24) is 4.31 Å². The minimum atomic E-state index is -4.10. The van der Waals surface area contributed by atoms with Crippen LogP contribution in [0.15, 0.2) is 59.5 Å². The molecular weight excluding hydrogens is 502 g/mol. The molecule has 37 heavy (non-hydrogen) atoms. The van der Waals surface area contributed by atoms with Gasteiger partial charge in [-0.15, -0.1) is 0 Å². The average molecular weight is 534 g/mol. The van der Waals surface area contributed by atoms with E-state index in [4.69, 9.17) is 18.9 Å². The summed E-state index contributed by atoms with van der Waals surface area (Å²) in [5.41, 5.74) is 1.78. The second kappa shape index (κ2) is 11.8. The van der Waals surface area contributed by atoms with E-state index in [1.165, 1.54) is 33.0 Å². The molecule has 10 nitrogen and oxygen atoms in total. The fraction of sp³-hybridized carbons (Fsp3) is 0.423. The molecule has 5 atom stereocenters. The molecular formula is C26H31NO9S. The second-order valence-corrected chi connectivity index (χ2v) is 10.7. The number of esters is 3. The van der Waals surface area contributed by atoms with Crippen molar-refractivity contribution < 1.29 is 41.7 Å². The summed E-state index contributed by atoms with van der Waals surface area (Å²) < 4.78 is 50.2. The molecule has 0 aromatic heterocycles. The van der Waals surface area contributed by atoms with Crippen LogP contribution in [0.5, 0.6) is 0 Å². The Morgan fingerprint density at radius 3 is 1.92 bits per heavy atom. The molecule has 1 aliphatic rings. The molecule has 2 aromatic rings. The normalized spacial score (nSPS) is 23.8. The Balaban J connectivity index is 1.96. The number of rotatable bonds is 8. The van der Waals surface area contributed by atoms with Crippen LogP contribution in [0.3, 0.4) is 0 Å². The average Bonchev–Trinajstić information content (AvgIpc) is 2.84. The first-order valence-electron chi connectivity index (χ1n) is 11.7. The van der Waals surface area contributed by atoms with E-state index in [0.717, 1.165) is 22.4 Å². The Labute approximate surface area is 216 Å². The van der Waals surface area contributed by atoms with E-state index in [0.29, 0.717) is 0 Å². The summed E-state index contributed by atoms with van der Waals surface area (Å²) >= 11 is 0. The van der Waals surface area contributed by atoms with Gasteiger partial charge in [0.2, 0.25) is 10.0 Å². The Bertz CT molecular complexity index is 1210. The quantitative estimate of drug-likeness (QED) is 0.372. The van der Waals surface area contributed by atoms with Gasteiger partial charge in [-0.05, 0) is 30.2 Å². The van der Waals surface area contributed by atoms with Crippen molar-refractivity contribution in [3.05, 3.63) is 54.6 Å². The zero-order chi connectivity index (χ0) is 27.3. The Morgan fingerprint density at radius 2 is 1.38 bits per heavy atom. The molecule has 200 valence electrons. The third-order valence-electron chi connectivity index (χ3n) is 6.01. The number of hydrogen-bond acceptors (Lipinski definition) is 9. The van der Waals surface area contributed by atoms with E-state index >= 15 is 0 Å². The zero-order valence-corrected chi connectivity index (χ0v) is 22.1. The highest BCUT2D eigenvalue weighted by Gasteiger charge is 2.52. The Hall–Kier alpha value is -3.28. The van der Waals surface area contributed by atoms with E-state index < -0.39 is 58.4 Å².